The smallest absolute Gasteiger partial charge is 0.0968 e. The first-order chi connectivity index (χ1) is 6.45. The number of benzene rings is 1. The van der Waals surface area contributed by atoms with E-state index in [0.717, 1.165) is 16.4 Å². The van der Waals surface area contributed by atoms with Crippen LogP contribution in [0.5, 0.6) is 0 Å². The Bertz CT molecular complexity index is 568. The number of fused-ring (bicyclic) bond motifs is 3. The van der Waals surface area contributed by atoms with Crippen LogP contribution in [0.2, 0.25) is 0 Å². The minimum Gasteiger partial charge on any atom is -0.222 e. The van der Waals surface area contributed by atoms with Gasteiger partial charge in [0.15, 0.2) is 0 Å². The van der Waals surface area contributed by atoms with Crippen LogP contribution in [0.3, 0.4) is 0 Å². The van der Waals surface area contributed by atoms with E-state index >= 15 is 0 Å². The van der Waals surface area contributed by atoms with Gasteiger partial charge in [-0.3, -0.25) is 0 Å². The molecule has 3 heteroatoms. The highest BCUT2D eigenvalue weighted by atomic mass is 15.4. The summed E-state index contributed by atoms with van der Waals surface area (Å²) in [4.78, 5) is 0. The summed E-state index contributed by atoms with van der Waals surface area (Å²) in [6.45, 7) is 0. The van der Waals surface area contributed by atoms with Crippen LogP contribution in [0.1, 0.15) is 0 Å². The third-order valence-electron chi connectivity index (χ3n) is 2.16. The van der Waals surface area contributed by atoms with Gasteiger partial charge in [-0.15, -0.1) is 5.10 Å². The molecule has 0 amide bonds. The summed E-state index contributed by atoms with van der Waals surface area (Å²) < 4.78 is 1.78. The van der Waals surface area contributed by atoms with E-state index in [2.05, 4.69) is 16.4 Å². The molecule has 3 nitrogen and oxygen atoms in total. The summed E-state index contributed by atoms with van der Waals surface area (Å²) in [5.74, 6) is 0. The van der Waals surface area contributed by atoms with Crippen molar-refractivity contribution in [3.8, 4) is 0 Å². The predicted molar refractivity (Wildman–Crippen MR) is 50.5 cm³/mol. The Labute approximate surface area is 74.6 Å². The Morgan fingerprint density at radius 2 is 1.92 bits per heavy atom. The molecule has 0 spiro atoms. The first-order valence-corrected chi connectivity index (χ1v) is 4.14. The van der Waals surface area contributed by atoms with Gasteiger partial charge in [0.2, 0.25) is 0 Å². The van der Waals surface area contributed by atoms with Gasteiger partial charge in [0, 0.05) is 11.6 Å². The summed E-state index contributed by atoms with van der Waals surface area (Å²) in [6.07, 6.45) is 1.90. The van der Waals surface area contributed by atoms with Crippen molar-refractivity contribution in [2.75, 3.05) is 0 Å². The average Bonchev–Trinajstić information content (AvgIpc) is 2.65. The molecule has 0 saturated carbocycles. The third-order valence-corrected chi connectivity index (χ3v) is 2.16. The average molecular weight is 169 g/mol. The van der Waals surface area contributed by atoms with E-state index in [1.807, 2.05) is 36.5 Å². The topological polar surface area (TPSA) is 30.2 Å². The quantitative estimate of drug-likeness (QED) is 0.514. The molecular weight excluding hydrogens is 162 g/mol. The largest absolute Gasteiger partial charge is 0.222 e. The normalized spacial score (nSPS) is 11.1. The van der Waals surface area contributed by atoms with Crippen molar-refractivity contribution in [1.29, 1.82) is 0 Å². The van der Waals surface area contributed by atoms with Gasteiger partial charge in [0.05, 0.1) is 11.0 Å². The second-order valence-corrected chi connectivity index (χ2v) is 2.94. The number of nitrogens with zero attached hydrogens (tertiary/aromatic N) is 3. The molecule has 3 aromatic rings. The van der Waals surface area contributed by atoms with E-state index in [1.165, 1.54) is 0 Å². The second kappa shape index (κ2) is 2.29. The van der Waals surface area contributed by atoms with Gasteiger partial charge < -0.3 is 0 Å². The van der Waals surface area contributed by atoms with E-state index in [1.54, 1.807) is 4.52 Å². The fourth-order valence-corrected chi connectivity index (χ4v) is 1.54. The molecule has 0 bridgehead atoms. The molecule has 2 heterocycles. The van der Waals surface area contributed by atoms with Crippen molar-refractivity contribution in [2.24, 2.45) is 0 Å². The highest BCUT2D eigenvalue weighted by Gasteiger charge is 1.99. The fraction of sp³-hybridized carbons (Fsp3) is 0. The van der Waals surface area contributed by atoms with Crippen LogP contribution in [0.25, 0.3) is 16.4 Å². The molecule has 0 aliphatic heterocycles. The third kappa shape index (κ3) is 0.839. The molecule has 0 unspecified atom stereocenters. The van der Waals surface area contributed by atoms with Crippen LogP contribution in [-0.2, 0) is 0 Å². The number of hydrogen-bond donors (Lipinski definition) is 0. The molecule has 3 rings (SSSR count). The molecule has 0 saturated heterocycles. The molecule has 0 aliphatic rings. The van der Waals surface area contributed by atoms with Crippen molar-refractivity contribution >= 4 is 16.4 Å². The number of hydrogen-bond acceptors (Lipinski definition) is 2. The maximum Gasteiger partial charge on any atom is 0.0968 e. The summed E-state index contributed by atoms with van der Waals surface area (Å²) in [7, 11) is 0. The van der Waals surface area contributed by atoms with Gasteiger partial charge in [-0.05, 0) is 18.2 Å². The monoisotopic (exact) mass is 169 g/mol. The molecule has 0 aliphatic carbocycles. The zero-order valence-electron chi connectivity index (χ0n) is 6.88. The van der Waals surface area contributed by atoms with Crippen molar-refractivity contribution < 1.29 is 0 Å². The maximum atomic E-state index is 4.09. The van der Waals surface area contributed by atoms with Crippen LogP contribution in [0.4, 0.5) is 0 Å². The predicted octanol–water partition coefficient (Wildman–Crippen LogP) is 1.88. The molecule has 62 valence electrons. The van der Waals surface area contributed by atoms with E-state index in [0.29, 0.717) is 0 Å². The van der Waals surface area contributed by atoms with E-state index in [9.17, 15) is 0 Å². The van der Waals surface area contributed by atoms with Crippen LogP contribution in [-0.4, -0.2) is 14.8 Å². The van der Waals surface area contributed by atoms with Gasteiger partial charge in [0.25, 0.3) is 0 Å². The second-order valence-electron chi connectivity index (χ2n) is 2.94. The minimum absolute atomic E-state index is 0.939. The Balaban J connectivity index is 2.65. The SMILES string of the molecule is c1ccc2c(c1)nnn1cccc21. The molecule has 0 fully saturated rings. The summed E-state index contributed by atoms with van der Waals surface area (Å²) >= 11 is 0. The highest BCUT2D eigenvalue weighted by Crippen LogP contribution is 2.15. The summed E-state index contributed by atoms with van der Waals surface area (Å²) in [5.41, 5.74) is 2.04. The van der Waals surface area contributed by atoms with Crippen molar-refractivity contribution in [1.82, 2.24) is 14.8 Å². The zero-order valence-corrected chi connectivity index (χ0v) is 6.88. The number of rotatable bonds is 0. The van der Waals surface area contributed by atoms with Gasteiger partial charge in [-0.1, -0.05) is 23.4 Å². The first kappa shape index (κ1) is 6.60. The lowest BCUT2D eigenvalue weighted by atomic mass is 10.2. The van der Waals surface area contributed by atoms with Crippen molar-refractivity contribution in [3.05, 3.63) is 42.6 Å². The lowest BCUT2D eigenvalue weighted by Gasteiger charge is -1.97. The number of aromatic nitrogens is 3. The molecule has 0 radical (unpaired) electrons. The minimum atomic E-state index is 0.939. The van der Waals surface area contributed by atoms with Gasteiger partial charge >= 0.3 is 0 Å². The lowest BCUT2D eigenvalue weighted by Crippen LogP contribution is -1.93. The van der Waals surface area contributed by atoms with Gasteiger partial charge in [-0.2, -0.15) is 0 Å². The van der Waals surface area contributed by atoms with Crippen LogP contribution in [0.15, 0.2) is 42.6 Å². The first-order valence-electron chi connectivity index (χ1n) is 4.14. The Hall–Kier alpha value is -1.90. The maximum absolute atomic E-state index is 4.09. The van der Waals surface area contributed by atoms with Gasteiger partial charge in [-0.25, -0.2) is 4.52 Å². The van der Waals surface area contributed by atoms with Crippen LogP contribution >= 0.6 is 0 Å². The Morgan fingerprint density at radius 3 is 2.92 bits per heavy atom. The van der Waals surface area contributed by atoms with Gasteiger partial charge in [0.1, 0.15) is 0 Å². The van der Waals surface area contributed by atoms with Crippen LogP contribution < -0.4 is 0 Å². The zero-order chi connectivity index (χ0) is 8.67. The molecule has 2 aromatic heterocycles. The Kier molecular flexibility index (Phi) is 1.16. The van der Waals surface area contributed by atoms with E-state index < -0.39 is 0 Å². The molecule has 0 N–H and O–H groups in total. The molecule has 1 aromatic carbocycles. The van der Waals surface area contributed by atoms with Crippen molar-refractivity contribution in [2.45, 2.75) is 0 Å². The van der Waals surface area contributed by atoms with E-state index in [4.69, 9.17) is 0 Å². The Morgan fingerprint density at radius 1 is 1.00 bits per heavy atom. The summed E-state index contributed by atoms with van der Waals surface area (Å²) in [6, 6.07) is 12.0. The standard InChI is InChI=1S/C10H7N3/c1-2-5-9-8(4-1)10-6-3-7-13(10)12-11-9/h1-7H. The van der Waals surface area contributed by atoms with Crippen LogP contribution in [0, 0.1) is 0 Å². The molecule has 0 atom stereocenters. The summed E-state index contributed by atoms with van der Waals surface area (Å²) in [5, 5.41) is 9.27. The fourth-order valence-electron chi connectivity index (χ4n) is 1.54. The highest BCUT2D eigenvalue weighted by molar-refractivity contribution is 5.92. The van der Waals surface area contributed by atoms with Crippen molar-refractivity contribution in [3.63, 3.8) is 0 Å². The molecule has 13 heavy (non-hydrogen) atoms. The van der Waals surface area contributed by atoms with E-state index in [-0.39, 0.29) is 0 Å². The lowest BCUT2D eigenvalue weighted by molar-refractivity contribution is 0.832. The molecular formula is C10H7N3.